The van der Waals surface area contributed by atoms with Crippen LogP contribution in [0.25, 0.3) is 10.8 Å². The van der Waals surface area contributed by atoms with Crippen molar-refractivity contribution in [1.82, 2.24) is 15.5 Å². The molecule has 240 valence electrons. The zero-order chi connectivity index (χ0) is 32.4. The van der Waals surface area contributed by atoms with Crippen LogP contribution in [0, 0.1) is 11.3 Å². The number of oxime groups is 1. The number of carboxylic acids is 1. The number of aliphatic carboxylic acids is 1. The summed E-state index contributed by atoms with van der Waals surface area (Å²) in [4.78, 5) is 59.9. The molecule has 0 spiro atoms. The molecule has 11 heteroatoms. The fraction of sp³-hybridized carbons (Fsp3) is 0.500. The molecule has 2 saturated carbocycles. The number of hydrogen-bond donors (Lipinski definition) is 3. The summed E-state index contributed by atoms with van der Waals surface area (Å²) in [5.74, 6) is -2.68. The van der Waals surface area contributed by atoms with Crippen molar-refractivity contribution >= 4 is 40.9 Å². The van der Waals surface area contributed by atoms with Gasteiger partial charge in [0.05, 0.1) is 12.8 Å². The van der Waals surface area contributed by atoms with Crippen LogP contribution in [0.4, 0.5) is 4.79 Å². The molecule has 3 amide bonds. The van der Waals surface area contributed by atoms with Gasteiger partial charge in [-0.25, -0.2) is 9.59 Å². The summed E-state index contributed by atoms with van der Waals surface area (Å²) in [5, 5.41) is 21.6. The number of carbonyl (C=O) groups is 4. The van der Waals surface area contributed by atoms with E-state index in [1.54, 1.807) is 6.21 Å². The number of carbonyl (C=O) groups excluding carboxylic acids is 3. The first-order valence-corrected chi connectivity index (χ1v) is 15.5. The third-order valence-electron chi connectivity index (χ3n) is 9.01. The lowest BCUT2D eigenvalue weighted by atomic mass is 9.85. The first-order chi connectivity index (χ1) is 21.4. The van der Waals surface area contributed by atoms with Crippen LogP contribution in [0.1, 0.15) is 64.9 Å². The maximum absolute atomic E-state index is 14.1. The minimum atomic E-state index is -1.46. The molecule has 0 bridgehead atoms. The maximum Gasteiger partial charge on any atom is 0.408 e. The van der Waals surface area contributed by atoms with Gasteiger partial charge in [-0.05, 0) is 59.9 Å². The van der Waals surface area contributed by atoms with Crippen molar-refractivity contribution in [3.8, 4) is 0 Å². The van der Waals surface area contributed by atoms with Crippen molar-refractivity contribution in [1.29, 1.82) is 0 Å². The van der Waals surface area contributed by atoms with E-state index in [1.165, 1.54) is 11.0 Å². The zero-order valence-electron chi connectivity index (χ0n) is 26.0. The van der Waals surface area contributed by atoms with Crippen LogP contribution in [0.2, 0.25) is 0 Å². The Morgan fingerprint density at radius 2 is 1.80 bits per heavy atom. The minimum absolute atomic E-state index is 0.0167. The third-order valence-corrected chi connectivity index (χ3v) is 9.01. The predicted octanol–water partition coefficient (Wildman–Crippen LogP) is 4.39. The highest BCUT2D eigenvalue weighted by atomic mass is 16.6. The Labute approximate surface area is 263 Å². The lowest BCUT2D eigenvalue weighted by Crippen LogP contribution is -2.59. The number of rotatable bonds is 10. The van der Waals surface area contributed by atoms with E-state index in [1.807, 2.05) is 63.2 Å². The molecule has 3 aliphatic rings. The average Bonchev–Trinajstić information content (AvgIpc) is 3.28. The first kappa shape index (κ1) is 32.0. The molecule has 2 aromatic carbocycles. The number of nitrogens with one attached hydrogen (secondary N) is 2. The summed E-state index contributed by atoms with van der Waals surface area (Å²) >= 11 is 0. The van der Waals surface area contributed by atoms with Crippen LogP contribution in [0.3, 0.4) is 0 Å². The second kappa shape index (κ2) is 12.9. The first-order valence-electron chi connectivity index (χ1n) is 15.5. The van der Waals surface area contributed by atoms with Crippen molar-refractivity contribution in [3.63, 3.8) is 0 Å². The van der Waals surface area contributed by atoms with Crippen molar-refractivity contribution in [2.45, 2.75) is 89.1 Å². The van der Waals surface area contributed by atoms with Crippen molar-refractivity contribution in [3.05, 3.63) is 60.7 Å². The fourth-order valence-electron chi connectivity index (χ4n) is 6.27. The monoisotopic (exact) mass is 618 g/mol. The van der Waals surface area contributed by atoms with Gasteiger partial charge < -0.3 is 30.2 Å². The largest absolute Gasteiger partial charge is 0.479 e. The Bertz CT molecular complexity index is 1490. The molecular formula is C34H42N4O7. The number of hydrogen-bond acceptors (Lipinski definition) is 7. The van der Waals surface area contributed by atoms with E-state index in [0.717, 1.165) is 42.0 Å². The molecule has 3 fully saturated rings. The van der Waals surface area contributed by atoms with Crippen LogP contribution in [-0.2, 0) is 24.0 Å². The van der Waals surface area contributed by atoms with Gasteiger partial charge in [0.2, 0.25) is 11.8 Å². The molecule has 45 heavy (non-hydrogen) atoms. The number of nitrogens with zero attached hydrogens (tertiary/aromatic N) is 2. The molecule has 0 radical (unpaired) electrons. The molecule has 0 aromatic heterocycles. The Kier molecular flexibility index (Phi) is 9.18. The van der Waals surface area contributed by atoms with Crippen molar-refractivity contribution in [2.24, 2.45) is 16.5 Å². The van der Waals surface area contributed by atoms with E-state index in [0.29, 0.717) is 0 Å². The molecule has 2 aromatic rings. The van der Waals surface area contributed by atoms with Crippen molar-refractivity contribution < 1.29 is 33.9 Å². The maximum atomic E-state index is 14.1. The number of fused-ring (bicyclic) bond motifs is 1. The Hall–Kier alpha value is -4.41. The van der Waals surface area contributed by atoms with E-state index in [9.17, 15) is 24.3 Å². The molecular weight excluding hydrogens is 576 g/mol. The van der Waals surface area contributed by atoms with Gasteiger partial charge in [0, 0.05) is 12.3 Å². The molecule has 1 heterocycles. The molecule has 3 N–H and O–H groups in total. The van der Waals surface area contributed by atoms with Gasteiger partial charge in [0.15, 0.2) is 0 Å². The zero-order valence-corrected chi connectivity index (χ0v) is 26.0. The van der Waals surface area contributed by atoms with Gasteiger partial charge in [-0.2, -0.15) is 0 Å². The van der Waals surface area contributed by atoms with E-state index in [4.69, 9.17) is 9.57 Å². The lowest BCUT2D eigenvalue weighted by molar-refractivity contribution is -0.146. The van der Waals surface area contributed by atoms with Gasteiger partial charge in [-0.1, -0.05) is 68.4 Å². The highest BCUT2D eigenvalue weighted by Gasteiger charge is 2.61. The van der Waals surface area contributed by atoms with Crippen LogP contribution in [0.5, 0.6) is 0 Å². The quantitative estimate of drug-likeness (QED) is 0.203. The highest BCUT2D eigenvalue weighted by Crippen LogP contribution is 2.45. The van der Waals surface area contributed by atoms with Gasteiger partial charge in [-0.3, -0.25) is 9.59 Å². The second-order valence-electron chi connectivity index (χ2n) is 13.4. The summed E-state index contributed by atoms with van der Waals surface area (Å²) < 4.78 is 5.57. The number of benzene rings is 2. The van der Waals surface area contributed by atoms with Gasteiger partial charge in [-0.15, -0.1) is 6.58 Å². The molecule has 0 unspecified atom stereocenters. The summed E-state index contributed by atoms with van der Waals surface area (Å²) in [6.45, 7) is 9.15. The average molecular weight is 619 g/mol. The van der Waals surface area contributed by atoms with E-state index >= 15 is 0 Å². The third kappa shape index (κ3) is 7.13. The van der Waals surface area contributed by atoms with Crippen molar-refractivity contribution in [2.75, 3.05) is 6.54 Å². The number of ether oxygens (including phenoxy) is 1. The van der Waals surface area contributed by atoms with Crippen LogP contribution < -0.4 is 10.6 Å². The Morgan fingerprint density at radius 3 is 2.44 bits per heavy atom. The molecule has 11 nitrogen and oxygen atoms in total. The Morgan fingerprint density at radius 1 is 1.09 bits per heavy atom. The molecule has 5 rings (SSSR count). The normalized spacial score (nSPS) is 25.6. The molecule has 2 aliphatic carbocycles. The van der Waals surface area contributed by atoms with E-state index < -0.39 is 58.9 Å². The fourth-order valence-corrected chi connectivity index (χ4v) is 6.27. The smallest absolute Gasteiger partial charge is 0.408 e. The molecule has 5 atom stereocenters. The second-order valence-corrected chi connectivity index (χ2v) is 13.4. The summed E-state index contributed by atoms with van der Waals surface area (Å²) in [5.41, 5.74) is -1.38. The summed E-state index contributed by atoms with van der Waals surface area (Å²) in [6, 6.07) is 11.8. The minimum Gasteiger partial charge on any atom is -0.479 e. The summed E-state index contributed by atoms with van der Waals surface area (Å²) in [7, 11) is 0. The molecule has 1 aliphatic heterocycles. The van der Waals surface area contributed by atoms with Crippen LogP contribution in [-0.4, -0.2) is 76.5 Å². The van der Waals surface area contributed by atoms with Gasteiger partial charge >= 0.3 is 12.1 Å². The summed E-state index contributed by atoms with van der Waals surface area (Å²) in [6.07, 6.45) is 5.40. The number of alkyl carbamates (subject to hydrolysis) is 1. The predicted molar refractivity (Wildman–Crippen MR) is 168 cm³/mol. The topological polar surface area (TPSA) is 147 Å². The lowest BCUT2D eigenvalue weighted by Gasteiger charge is -2.35. The number of carboxylic acid groups (broad SMARTS) is 1. The van der Waals surface area contributed by atoms with Crippen LogP contribution in [0.15, 0.2) is 60.3 Å². The standard InChI is InChI=1S/C34H42N4O7/c1-5-24-18-34(24,31(41)42)37-29(39)27-17-26(45-35-19-21-14-15-22-10-6-7-11-23(22)16-21)20-38(27)30(40)28(33(2,3)4)36-32(43)44-25-12-8-9-13-25/h5-7,10-11,14-16,19,24-28H,1,8-9,12-13,17-18,20H2,2-4H3,(H,36,43)(H,37,39)(H,41,42)/b35-19+/t24-,26-,27+,28-,34+/m1/s1. The van der Waals surface area contributed by atoms with Crippen LogP contribution >= 0.6 is 0 Å². The van der Waals surface area contributed by atoms with Gasteiger partial charge in [0.1, 0.15) is 29.8 Å². The highest BCUT2D eigenvalue weighted by molar-refractivity contribution is 5.96. The SMILES string of the molecule is C=C[C@@H]1C[C@@]1(NC(=O)[C@@H]1C[C@@H](O/N=C/c2ccc3ccccc3c2)CN1C(=O)[C@@H](NC(=O)OC1CCCC1)C(C)(C)C)C(=O)O. The number of amides is 3. The number of likely N-dealkylation sites (tertiary alicyclic amines) is 1. The van der Waals surface area contributed by atoms with E-state index in [2.05, 4.69) is 22.4 Å². The van der Waals surface area contributed by atoms with E-state index in [-0.39, 0.29) is 25.5 Å². The molecule has 1 saturated heterocycles. The van der Waals surface area contributed by atoms with Gasteiger partial charge in [0.25, 0.3) is 0 Å². The Balaban J connectivity index is 1.34.